The van der Waals surface area contributed by atoms with Crippen molar-refractivity contribution in [1.82, 2.24) is 0 Å². The minimum absolute atomic E-state index is 0.151. The normalized spacial score (nSPS) is 13.1. The summed E-state index contributed by atoms with van der Waals surface area (Å²) in [6, 6.07) is 25.8. The Bertz CT molecular complexity index is 1190. The molecule has 34 heavy (non-hydrogen) atoms. The van der Waals surface area contributed by atoms with Crippen LogP contribution in [-0.4, -0.2) is 5.97 Å². The van der Waals surface area contributed by atoms with Gasteiger partial charge >= 0.3 is 5.97 Å². The molecule has 172 valence electrons. The van der Waals surface area contributed by atoms with E-state index in [2.05, 4.69) is 98.8 Å². The summed E-state index contributed by atoms with van der Waals surface area (Å²) in [5, 5.41) is 0. The zero-order valence-corrected chi connectivity index (χ0v) is 20.1. The smallest absolute Gasteiger partial charge is 0.310 e. The van der Waals surface area contributed by atoms with Crippen LogP contribution in [0, 0.1) is 13.8 Å². The molecule has 0 saturated carbocycles. The van der Waals surface area contributed by atoms with Gasteiger partial charge in [0.05, 0.1) is 0 Å². The molecule has 2 nitrogen and oxygen atoms in total. The molecule has 0 unspecified atom stereocenters. The number of ether oxygens (including phenoxy) is 1. The van der Waals surface area contributed by atoms with Crippen molar-refractivity contribution in [2.75, 3.05) is 0 Å². The number of carbonyl (C=O) groups is 1. The average Bonchev–Trinajstić information content (AvgIpc) is 3.09. The predicted molar refractivity (Wildman–Crippen MR) is 141 cm³/mol. The van der Waals surface area contributed by atoms with Crippen LogP contribution in [-0.2, 0) is 16.0 Å². The van der Waals surface area contributed by atoms with Crippen LogP contribution in [0.4, 0.5) is 0 Å². The van der Waals surface area contributed by atoms with E-state index in [-0.39, 0.29) is 5.97 Å². The number of hydrogen-bond donors (Lipinski definition) is 0. The van der Waals surface area contributed by atoms with E-state index in [0.717, 1.165) is 30.4 Å². The van der Waals surface area contributed by atoms with Crippen molar-refractivity contribution in [3.8, 4) is 11.1 Å². The van der Waals surface area contributed by atoms with Crippen LogP contribution >= 0.6 is 0 Å². The van der Waals surface area contributed by atoms with E-state index in [1.54, 1.807) is 0 Å². The van der Waals surface area contributed by atoms with Gasteiger partial charge in [-0.05, 0) is 67.0 Å². The third-order valence-electron chi connectivity index (χ3n) is 6.13. The molecule has 0 heterocycles. The van der Waals surface area contributed by atoms with Gasteiger partial charge in [-0.15, -0.1) is 0 Å². The van der Waals surface area contributed by atoms with Crippen molar-refractivity contribution in [3.05, 3.63) is 125 Å². The summed E-state index contributed by atoms with van der Waals surface area (Å²) in [6.07, 6.45) is 11.9. The summed E-state index contributed by atoms with van der Waals surface area (Å²) in [5.74, 6) is 0.552. The Hall–Kier alpha value is -3.65. The third kappa shape index (κ3) is 6.68. The SMILES string of the molecule is Cc1ccc(C2=CC=C(OC(=O)CCCCc3ccc(-c4ccc(C)cc4)cc3)CC=C2)cc1. The fraction of sp³-hybridized carbons (Fsp3) is 0.219. The van der Waals surface area contributed by atoms with Crippen molar-refractivity contribution in [2.45, 2.75) is 46.0 Å². The van der Waals surface area contributed by atoms with Crippen LogP contribution in [0.2, 0.25) is 0 Å². The van der Waals surface area contributed by atoms with Gasteiger partial charge in [0, 0.05) is 12.8 Å². The van der Waals surface area contributed by atoms with E-state index in [1.165, 1.54) is 27.8 Å². The Morgan fingerprint density at radius 3 is 1.97 bits per heavy atom. The van der Waals surface area contributed by atoms with Crippen LogP contribution < -0.4 is 0 Å². The van der Waals surface area contributed by atoms with Gasteiger partial charge in [0.2, 0.25) is 0 Å². The number of benzene rings is 3. The first-order valence-electron chi connectivity index (χ1n) is 12.1. The van der Waals surface area contributed by atoms with E-state index in [4.69, 9.17) is 4.74 Å². The van der Waals surface area contributed by atoms with E-state index < -0.39 is 0 Å². The molecular weight excluding hydrogens is 416 g/mol. The fourth-order valence-corrected chi connectivity index (χ4v) is 4.03. The highest BCUT2D eigenvalue weighted by atomic mass is 16.5. The van der Waals surface area contributed by atoms with Gasteiger partial charge in [-0.3, -0.25) is 4.79 Å². The second-order valence-electron chi connectivity index (χ2n) is 8.97. The van der Waals surface area contributed by atoms with E-state index >= 15 is 0 Å². The standard InChI is InChI=1S/C32H32O2/c1-24-10-16-28(17-11-24)27-7-5-8-31(23-22-27)34-32(33)9-4-3-6-26-14-20-30(21-15-26)29-18-12-25(2)13-19-29/h5,7,10-23H,3-4,6,8-9H2,1-2H3. The van der Waals surface area contributed by atoms with Crippen LogP contribution in [0.25, 0.3) is 16.7 Å². The molecule has 0 N–H and O–H groups in total. The highest BCUT2D eigenvalue weighted by Crippen LogP contribution is 2.23. The van der Waals surface area contributed by atoms with E-state index in [9.17, 15) is 4.79 Å². The molecular formula is C32H32O2. The number of allylic oxidation sites excluding steroid dienone is 5. The zero-order valence-electron chi connectivity index (χ0n) is 20.1. The lowest BCUT2D eigenvalue weighted by Crippen LogP contribution is -2.04. The van der Waals surface area contributed by atoms with Gasteiger partial charge in [0.15, 0.2) is 0 Å². The van der Waals surface area contributed by atoms with Crippen molar-refractivity contribution in [1.29, 1.82) is 0 Å². The average molecular weight is 449 g/mol. The fourth-order valence-electron chi connectivity index (χ4n) is 4.03. The molecule has 0 saturated heterocycles. The molecule has 0 aliphatic heterocycles. The van der Waals surface area contributed by atoms with Gasteiger partial charge < -0.3 is 4.74 Å². The van der Waals surface area contributed by atoms with Crippen molar-refractivity contribution < 1.29 is 9.53 Å². The first-order chi connectivity index (χ1) is 16.6. The molecule has 0 aromatic heterocycles. The maximum atomic E-state index is 12.3. The van der Waals surface area contributed by atoms with Gasteiger partial charge in [-0.25, -0.2) is 0 Å². The summed E-state index contributed by atoms with van der Waals surface area (Å²) in [4.78, 5) is 12.3. The Morgan fingerprint density at radius 2 is 1.32 bits per heavy atom. The number of hydrogen-bond acceptors (Lipinski definition) is 2. The van der Waals surface area contributed by atoms with Gasteiger partial charge in [-0.1, -0.05) is 102 Å². The van der Waals surface area contributed by atoms with Crippen molar-refractivity contribution in [2.24, 2.45) is 0 Å². The van der Waals surface area contributed by atoms with Crippen LogP contribution in [0.3, 0.4) is 0 Å². The Labute approximate surface area is 203 Å². The monoisotopic (exact) mass is 448 g/mol. The van der Waals surface area contributed by atoms with Crippen molar-refractivity contribution in [3.63, 3.8) is 0 Å². The zero-order chi connectivity index (χ0) is 23.8. The summed E-state index contributed by atoms with van der Waals surface area (Å²) >= 11 is 0. The highest BCUT2D eigenvalue weighted by Gasteiger charge is 2.09. The third-order valence-corrected chi connectivity index (χ3v) is 6.13. The number of esters is 1. The minimum atomic E-state index is -0.151. The maximum absolute atomic E-state index is 12.3. The molecule has 0 bridgehead atoms. The molecule has 0 atom stereocenters. The number of aryl methyl sites for hydroxylation is 3. The molecule has 0 spiro atoms. The summed E-state index contributed by atoms with van der Waals surface area (Å²) < 4.78 is 5.63. The lowest BCUT2D eigenvalue weighted by atomic mass is 10.0. The van der Waals surface area contributed by atoms with Crippen molar-refractivity contribution >= 4 is 11.5 Å². The minimum Gasteiger partial charge on any atom is -0.431 e. The number of unbranched alkanes of at least 4 members (excludes halogenated alkanes) is 1. The van der Waals surface area contributed by atoms with Gasteiger partial charge in [0.1, 0.15) is 5.76 Å². The summed E-state index contributed by atoms with van der Waals surface area (Å²) in [5.41, 5.74) is 8.58. The molecule has 3 aromatic carbocycles. The number of carbonyl (C=O) groups excluding carboxylic acids is 1. The Balaban J connectivity index is 1.22. The van der Waals surface area contributed by atoms with Crippen LogP contribution in [0.5, 0.6) is 0 Å². The molecule has 1 aliphatic carbocycles. The second-order valence-corrected chi connectivity index (χ2v) is 8.97. The summed E-state index contributed by atoms with van der Waals surface area (Å²) in [6.45, 7) is 4.19. The molecule has 0 radical (unpaired) electrons. The molecule has 3 aromatic rings. The topological polar surface area (TPSA) is 26.3 Å². The van der Waals surface area contributed by atoms with Gasteiger partial charge in [-0.2, -0.15) is 0 Å². The second kappa shape index (κ2) is 11.5. The first-order valence-corrected chi connectivity index (χ1v) is 12.1. The highest BCUT2D eigenvalue weighted by molar-refractivity contribution is 5.76. The molecule has 4 rings (SSSR count). The van der Waals surface area contributed by atoms with E-state index in [0.29, 0.717) is 18.6 Å². The maximum Gasteiger partial charge on any atom is 0.310 e. The molecule has 1 aliphatic rings. The predicted octanol–water partition coefficient (Wildman–Crippen LogP) is 8.15. The lowest BCUT2D eigenvalue weighted by Gasteiger charge is -2.07. The molecule has 0 amide bonds. The van der Waals surface area contributed by atoms with E-state index in [1.807, 2.05) is 12.2 Å². The van der Waals surface area contributed by atoms with Gasteiger partial charge in [0.25, 0.3) is 0 Å². The molecule has 0 fully saturated rings. The van der Waals surface area contributed by atoms with Crippen LogP contribution in [0.15, 0.2) is 103 Å². The largest absolute Gasteiger partial charge is 0.431 e. The van der Waals surface area contributed by atoms with Crippen LogP contribution in [0.1, 0.15) is 47.9 Å². The Kier molecular flexibility index (Phi) is 7.93. The first kappa shape index (κ1) is 23.5. The number of rotatable bonds is 8. The Morgan fingerprint density at radius 1 is 0.735 bits per heavy atom. The summed E-state index contributed by atoms with van der Waals surface area (Å²) in [7, 11) is 0. The quantitative estimate of drug-likeness (QED) is 0.257. The molecule has 2 heteroatoms. The lowest BCUT2D eigenvalue weighted by molar-refractivity contribution is -0.139.